The Morgan fingerprint density at radius 2 is 2.39 bits per heavy atom. The highest BCUT2D eigenvalue weighted by molar-refractivity contribution is 5.76. The zero-order valence-electron chi connectivity index (χ0n) is 10.6. The van der Waals surface area contributed by atoms with E-state index < -0.39 is 0 Å². The Labute approximate surface area is 106 Å². The Balaban J connectivity index is 2.38. The quantitative estimate of drug-likeness (QED) is 0.784. The topological polar surface area (TPSA) is 90.7 Å². The number of amides is 1. The normalized spacial score (nSPS) is 11.4. The molecule has 0 spiro atoms. The van der Waals surface area contributed by atoms with Gasteiger partial charge in [0.05, 0.1) is 11.8 Å². The molecule has 0 radical (unpaired) electrons. The molecule has 0 fully saturated rings. The van der Waals surface area contributed by atoms with Crippen molar-refractivity contribution >= 4 is 11.7 Å². The minimum absolute atomic E-state index is 0.0146. The number of carbonyl (C=O) groups is 1. The molecule has 1 heterocycles. The molecule has 0 aliphatic carbocycles. The van der Waals surface area contributed by atoms with E-state index in [1.54, 1.807) is 6.07 Å². The minimum atomic E-state index is -0.0146. The maximum Gasteiger partial charge on any atom is 0.221 e. The van der Waals surface area contributed by atoms with Crippen LogP contribution in [0.25, 0.3) is 0 Å². The SMILES string of the molecule is CCC(C)NC(=O)CCNc1nnccc1C#N. The first kappa shape index (κ1) is 13.9. The van der Waals surface area contributed by atoms with Crippen molar-refractivity contribution in [3.63, 3.8) is 0 Å². The molecule has 6 nitrogen and oxygen atoms in total. The Morgan fingerprint density at radius 3 is 3.06 bits per heavy atom. The van der Waals surface area contributed by atoms with Crippen LogP contribution in [0.2, 0.25) is 0 Å². The summed E-state index contributed by atoms with van der Waals surface area (Å²) < 4.78 is 0. The van der Waals surface area contributed by atoms with Crippen LogP contribution in [0, 0.1) is 11.3 Å². The van der Waals surface area contributed by atoms with Crippen molar-refractivity contribution in [1.82, 2.24) is 15.5 Å². The van der Waals surface area contributed by atoms with Gasteiger partial charge in [-0.2, -0.15) is 10.4 Å². The summed E-state index contributed by atoms with van der Waals surface area (Å²) in [5.74, 6) is 0.399. The van der Waals surface area contributed by atoms with Crippen LogP contribution >= 0.6 is 0 Å². The third kappa shape index (κ3) is 4.37. The lowest BCUT2D eigenvalue weighted by Gasteiger charge is -2.11. The van der Waals surface area contributed by atoms with Crippen LogP contribution in [-0.2, 0) is 4.79 Å². The lowest BCUT2D eigenvalue weighted by atomic mass is 10.2. The molecule has 1 atom stereocenters. The monoisotopic (exact) mass is 247 g/mol. The van der Waals surface area contributed by atoms with Gasteiger partial charge in [0.1, 0.15) is 6.07 Å². The van der Waals surface area contributed by atoms with Gasteiger partial charge in [-0.05, 0) is 19.4 Å². The Bertz CT molecular complexity index is 440. The zero-order valence-corrected chi connectivity index (χ0v) is 10.6. The average Bonchev–Trinajstić information content (AvgIpc) is 2.39. The largest absolute Gasteiger partial charge is 0.367 e. The molecule has 1 amide bonds. The molecule has 1 aromatic rings. The molecule has 0 aromatic carbocycles. The van der Waals surface area contributed by atoms with E-state index in [1.165, 1.54) is 6.20 Å². The number of nitrogens with zero attached hydrogens (tertiary/aromatic N) is 3. The highest BCUT2D eigenvalue weighted by atomic mass is 16.1. The van der Waals surface area contributed by atoms with Crippen LogP contribution in [0.3, 0.4) is 0 Å². The Hall–Kier alpha value is -2.16. The van der Waals surface area contributed by atoms with Crippen LogP contribution in [0.15, 0.2) is 12.3 Å². The fraction of sp³-hybridized carbons (Fsp3) is 0.500. The number of hydrogen-bond acceptors (Lipinski definition) is 5. The highest BCUT2D eigenvalue weighted by Crippen LogP contribution is 2.07. The van der Waals surface area contributed by atoms with Gasteiger partial charge in [0, 0.05) is 19.0 Å². The van der Waals surface area contributed by atoms with Gasteiger partial charge < -0.3 is 10.6 Å². The summed E-state index contributed by atoms with van der Waals surface area (Å²) in [5.41, 5.74) is 0.423. The van der Waals surface area contributed by atoms with Crippen LogP contribution in [-0.4, -0.2) is 28.7 Å². The van der Waals surface area contributed by atoms with Gasteiger partial charge in [-0.25, -0.2) is 0 Å². The smallest absolute Gasteiger partial charge is 0.221 e. The van der Waals surface area contributed by atoms with Gasteiger partial charge in [-0.3, -0.25) is 4.79 Å². The van der Waals surface area contributed by atoms with Crippen molar-refractivity contribution in [2.45, 2.75) is 32.7 Å². The maximum absolute atomic E-state index is 11.5. The molecular weight excluding hydrogens is 230 g/mol. The predicted octanol–water partition coefficient (Wildman–Crippen LogP) is 1.06. The van der Waals surface area contributed by atoms with Gasteiger partial charge in [0.2, 0.25) is 5.91 Å². The summed E-state index contributed by atoms with van der Waals surface area (Å²) >= 11 is 0. The predicted molar refractivity (Wildman–Crippen MR) is 67.7 cm³/mol. The van der Waals surface area contributed by atoms with Crippen molar-refractivity contribution in [2.24, 2.45) is 0 Å². The van der Waals surface area contributed by atoms with E-state index in [9.17, 15) is 4.79 Å². The first-order chi connectivity index (χ1) is 8.67. The summed E-state index contributed by atoms with van der Waals surface area (Å²) in [5, 5.41) is 22.1. The first-order valence-corrected chi connectivity index (χ1v) is 5.92. The fourth-order valence-corrected chi connectivity index (χ4v) is 1.30. The van der Waals surface area contributed by atoms with Crippen molar-refractivity contribution < 1.29 is 4.79 Å². The van der Waals surface area contributed by atoms with Crippen molar-refractivity contribution in [3.05, 3.63) is 17.8 Å². The van der Waals surface area contributed by atoms with Crippen LogP contribution < -0.4 is 10.6 Å². The number of rotatable bonds is 6. The van der Waals surface area contributed by atoms with Gasteiger partial charge in [0.25, 0.3) is 0 Å². The second-order valence-electron chi connectivity index (χ2n) is 3.96. The summed E-state index contributed by atoms with van der Waals surface area (Å²) in [4.78, 5) is 11.5. The minimum Gasteiger partial charge on any atom is -0.367 e. The van der Waals surface area contributed by atoms with E-state index in [0.717, 1.165) is 6.42 Å². The second-order valence-corrected chi connectivity index (χ2v) is 3.96. The summed E-state index contributed by atoms with van der Waals surface area (Å²) in [6, 6.07) is 3.77. The maximum atomic E-state index is 11.5. The number of nitrogens with one attached hydrogen (secondary N) is 2. The third-order valence-electron chi connectivity index (χ3n) is 2.51. The standard InChI is InChI=1S/C12H17N5O/c1-3-9(2)16-11(18)5-6-14-12-10(8-13)4-7-15-17-12/h4,7,9H,3,5-6H2,1-2H3,(H,14,17)(H,16,18). The Kier molecular flexibility index (Phi) is 5.58. The van der Waals surface area contributed by atoms with E-state index in [-0.39, 0.29) is 11.9 Å². The highest BCUT2D eigenvalue weighted by Gasteiger charge is 2.06. The molecule has 96 valence electrons. The molecule has 0 saturated carbocycles. The van der Waals surface area contributed by atoms with Crippen molar-refractivity contribution in [3.8, 4) is 6.07 Å². The molecular formula is C12H17N5O. The number of aromatic nitrogens is 2. The van der Waals surface area contributed by atoms with E-state index in [0.29, 0.717) is 24.3 Å². The van der Waals surface area contributed by atoms with Gasteiger partial charge >= 0.3 is 0 Å². The van der Waals surface area contributed by atoms with Crippen LogP contribution in [0.4, 0.5) is 5.82 Å². The van der Waals surface area contributed by atoms with E-state index in [1.807, 2.05) is 19.9 Å². The van der Waals surface area contributed by atoms with E-state index in [2.05, 4.69) is 20.8 Å². The van der Waals surface area contributed by atoms with Crippen molar-refractivity contribution in [2.75, 3.05) is 11.9 Å². The van der Waals surface area contributed by atoms with Gasteiger partial charge in [-0.1, -0.05) is 6.92 Å². The lowest BCUT2D eigenvalue weighted by molar-refractivity contribution is -0.121. The second kappa shape index (κ2) is 7.22. The van der Waals surface area contributed by atoms with Crippen LogP contribution in [0.1, 0.15) is 32.3 Å². The van der Waals surface area contributed by atoms with E-state index >= 15 is 0 Å². The molecule has 1 rings (SSSR count). The molecule has 18 heavy (non-hydrogen) atoms. The molecule has 6 heteroatoms. The van der Waals surface area contributed by atoms with E-state index in [4.69, 9.17) is 5.26 Å². The summed E-state index contributed by atoms with van der Waals surface area (Å²) in [6.45, 7) is 4.40. The fourth-order valence-electron chi connectivity index (χ4n) is 1.30. The number of hydrogen-bond donors (Lipinski definition) is 2. The number of nitriles is 1. The van der Waals surface area contributed by atoms with Crippen molar-refractivity contribution in [1.29, 1.82) is 5.26 Å². The number of anilines is 1. The average molecular weight is 247 g/mol. The number of carbonyl (C=O) groups excluding carboxylic acids is 1. The molecule has 0 saturated heterocycles. The molecule has 1 unspecified atom stereocenters. The summed E-state index contributed by atoms with van der Waals surface area (Å²) in [6.07, 6.45) is 2.70. The lowest BCUT2D eigenvalue weighted by Crippen LogP contribution is -2.33. The van der Waals surface area contributed by atoms with Gasteiger partial charge in [0.15, 0.2) is 5.82 Å². The molecule has 2 N–H and O–H groups in total. The summed E-state index contributed by atoms with van der Waals surface area (Å²) in [7, 11) is 0. The molecule has 0 bridgehead atoms. The molecule has 0 aliphatic rings. The Morgan fingerprint density at radius 1 is 1.61 bits per heavy atom. The zero-order chi connectivity index (χ0) is 13.4. The molecule has 0 aliphatic heterocycles. The third-order valence-corrected chi connectivity index (χ3v) is 2.51. The van der Waals surface area contributed by atoms with Crippen LogP contribution in [0.5, 0.6) is 0 Å². The first-order valence-electron chi connectivity index (χ1n) is 5.92. The van der Waals surface area contributed by atoms with Gasteiger partial charge in [-0.15, -0.1) is 5.10 Å². The molecule has 1 aromatic heterocycles.